The predicted molar refractivity (Wildman–Crippen MR) is 118 cm³/mol. The molecule has 2 saturated heterocycles. The van der Waals surface area contributed by atoms with Gasteiger partial charge in [0.15, 0.2) is 15.0 Å². The molecule has 0 aromatic heterocycles. The molecule has 2 aromatic carbocycles. The first-order chi connectivity index (χ1) is 13.8. The number of sulfone groups is 1. The first-order valence-corrected chi connectivity index (χ1v) is 12.4. The van der Waals surface area contributed by atoms with E-state index in [0.717, 1.165) is 16.7 Å². The Bertz CT molecular complexity index is 1070. The highest BCUT2D eigenvalue weighted by molar-refractivity contribution is 8.15. The van der Waals surface area contributed by atoms with E-state index in [0.29, 0.717) is 16.7 Å². The van der Waals surface area contributed by atoms with Gasteiger partial charge in [-0.25, -0.2) is 8.42 Å². The number of rotatable bonds is 4. The molecule has 2 aromatic rings. The zero-order chi connectivity index (χ0) is 20.6. The number of carbonyl (C=O) groups is 1. The Morgan fingerprint density at radius 1 is 1.17 bits per heavy atom. The number of aliphatic imine (C=N–C) groups is 1. The van der Waals surface area contributed by atoms with Gasteiger partial charge in [0, 0.05) is 16.8 Å². The standard InChI is InChI=1S/C21H21ClN2O3S2/c1-14-3-2-4-16(9-14)10-20(25)23-21-24(11-15-5-7-17(22)8-6-15)18-12-29(26,27)13-19(18)28-21/h2-9,18-19H,10-13H2,1H3/t18-,19-/m0/s1. The number of hydrogen-bond donors (Lipinski definition) is 0. The summed E-state index contributed by atoms with van der Waals surface area (Å²) in [4.78, 5) is 18.9. The molecule has 152 valence electrons. The van der Waals surface area contributed by atoms with Gasteiger partial charge < -0.3 is 4.90 Å². The summed E-state index contributed by atoms with van der Waals surface area (Å²) in [7, 11) is -3.07. The number of nitrogens with zero attached hydrogens (tertiary/aromatic N) is 2. The lowest BCUT2D eigenvalue weighted by Gasteiger charge is -2.24. The van der Waals surface area contributed by atoms with Crippen molar-refractivity contribution in [1.82, 2.24) is 4.90 Å². The minimum atomic E-state index is -3.07. The van der Waals surface area contributed by atoms with E-state index in [9.17, 15) is 13.2 Å². The quantitative estimate of drug-likeness (QED) is 0.716. The van der Waals surface area contributed by atoms with Gasteiger partial charge in [-0.2, -0.15) is 4.99 Å². The second kappa shape index (κ2) is 8.13. The van der Waals surface area contributed by atoms with Crippen LogP contribution in [0.4, 0.5) is 0 Å². The summed E-state index contributed by atoms with van der Waals surface area (Å²) in [6, 6.07) is 15.1. The molecular formula is C21H21ClN2O3S2. The van der Waals surface area contributed by atoms with E-state index in [1.54, 1.807) is 0 Å². The van der Waals surface area contributed by atoms with Crippen molar-refractivity contribution in [1.29, 1.82) is 0 Å². The first kappa shape index (κ1) is 20.4. The van der Waals surface area contributed by atoms with E-state index in [4.69, 9.17) is 11.6 Å². The SMILES string of the molecule is Cc1cccc(CC(=O)N=C2S[C@H]3CS(=O)(=O)C[C@@H]3N2Cc2ccc(Cl)cc2)c1. The molecule has 0 radical (unpaired) electrons. The Kier molecular flexibility index (Phi) is 5.73. The van der Waals surface area contributed by atoms with Crippen LogP contribution < -0.4 is 0 Å². The van der Waals surface area contributed by atoms with Crippen LogP contribution in [-0.4, -0.2) is 47.2 Å². The molecule has 2 atom stereocenters. The maximum atomic E-state index is 12.6. The Morgan fingerprint density at radius 3 is 2.66 bits per heavy atom. The normalized spacial score (nSPS) is 24.1. The van der Waals surface area contributed by atoms with Crippen molar-refractivity contribution in [2.24, 2.45) is 4.99 Å². The molecule has 0 aliphatic carbocycles. The van der Waals surface area contributed by atoms with Gasteiger partial charge in [-0.15, -0.1) is 0 Å². The third-order valence-corrected chi connectivity index (χ3v) is 8.60. The highest BCUT2D eigenvalue weighted by Crippen LogP contribution is 2.39. The molecule has 5 nitrogen and oxygen atoms in total. The summed E-state index contributed by atoms with van der Waals surface area (Å²) < 4.78 is 24.2. The van der Waals surface area contributed by atoms with E-state index in [1.165, 1.54) is 11.8 Å². The third kappa shape index (κ3) is 4.85. The molecule has 1 amide bonds. The van der Waals surface area contributed by atoms with Gasteiger partial charge in [0.05, 0.1) is 24.0 Å². The van der Waals surface area contributed by atoms with Crippen molar-refractivity contribution in [2.45, 2.75) is 31.2 Å². The minimum Gasteiger partial charge on any atom is -0.342 e. The fourth-order valence-corrected chi connectivity index (χ4v) is 7.84. The molecule has 2 aliphatic rings. The average Bonchev–Trinajstić information content (AvgIpc) is 3.09. The van der Waals surface area contributed by atoms with Gasteiger partial charge >= 0.3 is 0 Å². The summed E-state index contributed by atoms with van der Waals surface area (Å²) >= 11 is 7.38. The van der Waals surface area contributed by atoms with Crippen molar-refractivity contribution in [3.05, 3.63) is 70.2 Å². The van der Waals surface area contributed by atoms with Crippen molar-refractivity contribution in [2.75, 3.05) is 11.5 Å². The van der Waals surface area contributed by atoms with Gasteiger partial charge in [0.1, 0.15) is 0 Å². The molecule has 2 heterocycles. The van der Waals surface area contributed by atoms with Gasteiger partial charge in [0.25, 0.3) is 5.91 Å². The second-order valence-electron chi connectivity index (χ2n) is 7.51. The first-order valence-electron chi connectivity index (χ1n) is 9.34. The van der Waals surface area contributed by atoms with E-state index in [-0.39, 0.29) is 35.1 Å². The van der Waals surface area contributed by atoms with Crippen LogP contribution in [0, 0.1) is 6.92 Å². The van der Waals surface area contributed by atoms with Crippen LogP contribution in [0.5, 0.6) is 0 Å². The van der Waals surface area contributed by atoms with Gasteiger partial charge in [-0.05, 0) is 30.2 Å². The summed E-state index contributed by atoms with van der Waals surface area (Å²) in [5.74, 6) is 0.00971. The number of fused-ring (bicyclic) bond motifs is 1. The van der Waals surface area contributed by atoms with Crippen LogP contribution in [-0.2, 0) is 27.6 Å². The van der Waals surface area contributed by atoms with Crippen LogP contribution in [0.3, 0.4) is 0 Å². The lowest BCUT2D eigenvalue weighted by atomic mass is 10.1. The second-order valence-corrected chi connectivity index (χ2v) is 11.3. The van der Waals surface area contributed by atoms with Crippen LogP contribution in [0.15, 0.2) is 53.5 Å². The molecule has 0 saturated carbocycles. The zero-order valence-corrected chi connectivity index (χ0v) is 18.3. The summed E-state index contributed by atoms with van der Waals surface area (Å²) in [5, 5.41) is 1.17. The maximum absolute atomic E-state index is 12.6. The van der Waals surface area contributed by atoms with Gasteiger partial charge in [0.2, 0.25) is 0 Å². The molecule has 0 spiro atoms. The van der Waals surface area contributed by atoms with E-state index < -0.39 is 9.84 Å². The van der Waals surface area contributed by atoms with E-state index in [2.05, 4.69) is 4.99 Å². The molecule has 29 heavy (non-hydrogen) atoms. The van der Waals surface area contributed by atoms with Crippen LogP contribution >= 0.6 is 23.4 Å². The Balaban J connectivity index is 1.57. The summed E-state index contributed by atoms with van der Waals surface area (Å²) in [6.07, 6.45) is 0.230. The monoisotopic (exact) mass is 448 g/mol. The molecule has 4 rings (SSSR count). The van der Waals surface area contributed by atoms with Gasteiger partial charge in [-0.3, -0.25) is 4.79 Å². The van der Waals surface area contributed by atoms with Crippen LogP contribution in [0.1, 0.15) is 16.7 Å². The number of hydrogen-bond acceptors (Lipinski definition) is 4. The average molecular weight is 449 g/mol. The number of thioether (sulfide) groups is 1. The van der Waals surface area contributed by atoms with Crippen molar-refractivity contribution < 1.29 is 13.2 Å². The summed E-state index contributed by atoms with van der Waals surface area (Å²) in [5.41, 5.74) is 3.02. The molecule has 0 unspecified atom stereocenters. The van der Waals surface area contributed by atoms with Crippen LogP contribution in [0.25, 0.3) is 0 Å². The van der Waals surface area contributed by atoms with Crippen molar-refractivity contribution >= 4 is 44.3 Å². The van der Waals surface area contributed by atoms with Gasteiger partial charge in [-0.1, -0.05) is 65.3 Å². The predicted octanol–water partition coefficient (Wildman–Crippen LogP) is 3.49. The molecule has 2 fully saturated rings. The fraction of sp³-hybridized carbons (Fsp3) is 0.333. The fourth-order valence-electron chi connectivity index (χ4n) is 3.75. The number of benzene rings is 2. The van der Waals surface area contributed by atoms with E-state index >= 15 is 0 Å². The molecule has 0 N–H and O–H groups in total. The highest BCUT2D eigenvalue weighted by Gasteiger charge is 2.48. The lowest BCUT2D eigenvalue weighted by Crippen LogP contribution is -2.37. The Hall–Kier alpha value is -1.83. The van der Waals surface area contributed by atoms with E-state index in [1.807, 2.05) is 60.4 Å². The Morgan fingerprint density at radius 2 is 1.93 bits per heavy atom. The number of aryl methyl sites for hydroxylation is 1. The van der Waals surface area contributed by atoms with Crippen molar-refractivity contribution in [3.63, 3.8) is 0 Å². The maximum Gasteiger partial charge on any atom is 0.252 e. The number of carbonyl (C=O) groups excluding carboxylic acids is 1. The number of amidine groups is 1. The number of halogens is 1. The highest BCUT2D eigenvalue weighted by atomic mass is 35.5. The van der Waals surface area contributed by atoms with Crippen molar-refractivity contribution in [3.8, 4) is 0 Å². The largest absolute Gasteiger partial charge is 0.342 e. The molecule has 0 bridgehead atoms. The van der Waals surface area contributed by atoms with Crippen LogP contribution in [0.2, 0.25) is 5.02 Å². The number of amides is 1. The minimum absolute atomic E-state index is 0.0854. The molecule has 2 aliphatic heterocycles. The Labute approximate surface area is 180 Å². The molecule has 8 heteroatoms. The lowest BCUT2D eigenvalue weighted by molar-refractivity contribution is -0.117. The molecular weight excluding hydrogens is 428 g/mol. The zero-order valence-electron chi connectivity index (χ0n) is 15.9. The smallest absolute Gasteiger partial charge is 0.252 e. The summed E-state index contributed by atoms with van der Waals surface area (Å²) in [6.45, 7) is 2.49. The third-order valence-electron chi connectivity index (χ3n) is 5.10. The topological polar surface area (TPSA) is 66.8 Å².